The van der Waals surface area contributed by atoms with E-state index in [0.717, 1.165) is 28.5 Å². The zero-order valence-electron chi connectivity index (χ0n) is 14.8. The number of thiazole rings is 1. The minimum atomic E-state index is -0.226. The predicted molar refractivity (Wildman–Crippen MR) is 109 cm³/mol. The molecule has 0 radical (unpaired) electrons. The Morgan fingerprint density at radius 1 is 1.15 bits per heavy atom. The Morgan fingerprint density at radius 2 is 1.89 bits per heavy atom. The van der Waals surface area contributed by atoms with E-state index in [-0.39, 0.29) is 11.7 Å². The largest absolute Gasteiger partial charge is 0.494 e. The monoisotopic (exact) mass is 402 g/mol. The van der Waals surface area contributed by atoms with E-state index in [0.29, 0.717) is 17.3 Å². The van der Waals surface area contributed by atoms with Crippen LogP contribution in [-0.2, 0) is 11.5 Å². The van der Waals surface area contributed by atoms with E-state index in [9.17, 15) is 9.18 Å². The molecule has 0 aliphatic heterocycles. The summed E-state index contributed by atoms with van der Waals surface area (Å²) in [5.74, 6) is 1.83. The van der Waals surface area contributed by atoms with Gasteiger partial charge in [-0.2, -0.15) is 11.8 Å². The van der Waals surface area contributed by atoms with Crippen molar-refractivity contribution in [3.05, 3.63) is 76.5 Å². The topological polar surface area (TPSA) is 51.2 Å². The second-order valence-electron chi connectivity index (χ2n) is 5.67. The quantitative estimate of drug-likeness (QED) is 0.551. The molecule has 3 rings (SSSR count). The van der Waals surface area contributed by atoms with Gasteiger partial charge >= 0.3 is 0 Å². The highest BCUT2D eigenvalue weighted by Gasteiger charge is 2.09. The minimum Gasteiger partial charge on any atom is -0.494 e. The maximum absolute atomic E-state index is 12.9. The lowest BCUT2D eigenvalue weighted by atomic mass is 10.2. The molecule has 0 saturated carbocycles. The summed E-state index contributed by atoms with van der Waals surface area (Å²) in [6.45, 7) is 2.51. The Balaban J connectivity index is 1.49. The lowest BCUT2D eigenvalue weighted by Crippen LogP contribution is -2.11. The number of thioether (sulfide) groups is 1. The molecule has 4 nitrogen and oxygen atoms in total. The zero-order chi connectivity index (χ0) is 19.1. The lowest BCUT2D eigenvalue weighted by Gasteiger charge is -2.05. The van der Waals surface area contributed by atoms with E-state index < -0.39 is 0 Å². The Labute approximate surface area is 165 Å². The molecular formula is C20H19FN2O2S2. The molecule has 0 bridgehead atoms. The van der Waals surface area contributed by atoms with Crippen molar-refractivity contribution in [1.29, 1.82) is 0 Å². The fraction of sp³-hybridized carbons (Fsp3) is 0.200. The third-order valence-corrected chi connectivity index (χ3v) is 5.48. The van der Waals surface area contributed by atoms with Gasteiger partial charge in [0.15, 0.2) is 5.13 Å². The van der Waals surface area contributed by atoms with Gasteiger partial charge in [-0.1, -0.05) is 12.1 Å². The number of ether oxygens (including phenoxy) is 1. The molecule has 27 heavy (non-hydrogen) atoms. The number of carbonyl (C=O) groups excluding carboxylic acids is 1. The maximum atomic E-state index is 12.9. The number of amides is 1. The molecule has 0 atom stereocenters. The van der Waals surface area contributed by atoms with Crippen molar-refractivity contribution in [2.45, 2.75) is 18.4 Å². The van der Waals surface area contributed by atoms with Crippen LogP contribution >= 0.6 is 23.1 Å². The molecule has 0 fully saturated rings. The van der Waals surface area contributed by atoms with Crippen LogP contribution in [0.5, 0.6) is 5.75 Å². The van der Waals surface area contributed by atoms with Gasteiger partial charge in [-0.25, -0.2) is 9.37 Å². The highest BCUT2D eigenvalue weighted by Crippen LogP contribution is 2.23. The molecule has 3 aromatic rings. The number of carbonyl (C=O) groups is 1. The predicted octanol–water partition coefficient (Wildman–Crippen LogP) is 5.37. The average molecular weight is 403 g/mol. The van der Waals surface area contributed by atoms with Crippen molar-refractivity contribution in [3.8, 4) is 5.75 Å². The fourth-order valence-electron chi connectivity index (χ4n) is 2.32. The van der Waals surface area contributed by atoms with Crippen molar-refractivity contribution in [2.24, 2.45) is 0 Å². The van der Waals surface area contributed by atoms with Gasteiger partial charge in [0.1, 0.15) is 11.6 Å². The number of anilines is 1. The van der Waals surface area contributed by atoms with E-state index in [1.807, 2.05) is 12.3 Å². The Hall–Kier alpha value is -2.38. The number of nitrogens with zero attached hydrogens (tertiary/aromatic N) is 1. The van der Waals surface area contributed by atoms with Crippen molar-refractivity contribution in [3.63, 3.8) is 0 Å². The molecule has 140 valence electrons. The van der Waals surface area contributed by atoms with E-state index in [4.69, 9.17) is 4.74 Å². The van der Waals surface area contributed by atoms with Crippen LogP contribution in [0.2, 0.25) is 0 Å². The van der Waals surface area contributed by atoms with Crippen LogP contribution in [0.15, 0.2) is 53.9 Å². The minimum absolute atomic E-state index is 0.196. The van der Waals surface area contributed by atoms with E-state index in [2.05, 4.69) is 10.3 Å². The Kier molecular flexibility index (Phi) is 6.84. The number of halogens is 1. The van der Waals surface area contributed by atoms with Crippen molar-refractivity contribution in [2.75, 3.05) is 11.9 Å². The van der Waals surface area contributed by atoms with Gasteiger partial charge < -0.3 is 4.74 Å². The second kappa shape index (κ2) is 9.53. The van der Waals surface area contributed by atoms with Gasteiger partial charge in [-0.05, 0) is 48.9 Å². The third kappa shape index (κ3) is 5.80. The highest BCUT2D eigenvalue weighted by atomic mass is 32.2. The molecule has 2 aromatic carbocycles. The van der Waals surface area contributed by atoms with Crippen LogP contribution in [-0.4, -0.2) is 17.5 Å². The first-order chi connectivity index (χ1) is 13.1. The molecule has 1 heterocycles. The Morgan fingerprint density at radius 3 is 2.59 bits per heavy atom. The van der Waals surface area contributed by atoms with Crippen molar-refractivity contribution >= 4 is 34.1 Å². The molecule has 0 saturated heterocycles. The first kappa shape index (κ1) is 19.4. The normalized spacial score (nSPS) is 10.6. The standard InChI is InChI=1S/C20H19FN2O2S2/c1-2-25-18-9-5-15(6-10-18)19(24)23-20-22-17(13-27-20)12-26-11-14-3-7-16(21)8-4-14/h3-10,13H,2,11-12H2,1H3,(H,22,23,24). The van der Waals surface area contributed by atoms with Crippen molar-refractivity contribution in [1.82, 2.24) is 4.98 Å². The van der Waals surface area contributed by atoms with Gasteiger partial charge in [-0.3, -0.25) is 10.1 Å². The molecule has 0 aliphatic rings. The van der Waals surface area contributed by atoms with Crippen LogP contribution in [0, 0.1) is 5.82 Å². The van der Waals surface area contributed by atoms with Crippen molar-refractivity contribution < 1.29 is 13.9 Å². The summed E-state index contributed by atoms with van der Waals surface area (Å²) in [7, 11) is 0. The van der Waals surface area contributed by atoms with Crippen LogP contribution in [0.25, 0.3) is 0 Å². The van der Waals surface area contributed by atoms with Crippen LogP contribution in [0.4, 0.5) is 9.52 Å². The van der Waals surface area contributed by atoms with E-state index >= 15 is 0 Å². The number of nitrogens with one attached hydrogen (secondary N) is 1. The molecule has 1 aromatic heterocycles. The molecule has 7 heteroatoms. The molecule has 0 aliphatic carbocycles. The van der Waals surface area contributed by atoms with Gasteiger partial charge in [0, 0.05) is 22.4 Å². The first-order valence-corrected chi connectivity index (χ1v) is 10.5. The SMILES string of the molecule is CCOc1ccc(C(=O)Nc2nc(CSCc3ccc(F)cc3)cs2)cc1. The van der Waals surface area contributed by atoms with Crippen LogP contribution in [0.3, 0.4) is 0 Å². The average Bonchev–Trinajstić information content (AvgIpc) is 3.11. The van der Waals surface area contributed by atoms with Gasteiger partial charge in [0.2, 0.25) is 0 Å². The molecular weight excluding hydrogens is 383 g/mol. The summed E-state index contributed by atoms with van der Waals surface area (Å²) in [5.41, 5.74) is 2.54. The number of benzene rings is 2. The summed E-state index contributed by atoms with van der Waals surface area (Å²) in [5, 5.41) is 5.33. The number of hydrogen-bond acceptors (Lipinski definition) is 5. The molecule has 1 N–H and O–H groups in total. The smallest absolute Gasteiger partial charge is 0.257 e. The number of hydrogen-bond donors (Lipinski definition) is 1. The van der Waals surface area contributed by atoms with Gasteiger partial charge in [0.05, 0.1) is 12.3 Å². The summed E-state index contributed by atoms with van der Waals surface area (Å²) >= 11 is 3.10. The zero-order valence-corrected chi connectivity index (χ0v) is 16.4. The fourth-order valence-corrected chi connectivity index (χ4v) is 4.02. The van der Waals surface area contributed by atoms with Gasteiger partial charge in [0.25, 0.3) is 5.91 Å². The summed E-state index contributed by atoms with van der Waals surface area (Å²) < 4.78 is 18.3. The summed E-state index contributed by atoms with van der Waals surface area (Å²) in [4.78, 5) is 16.7. The lowest BCUT2D eigenvalue weighted by molar-refractivity contribution is 0.102. The van der Waals surface area contributed by atoms with E-state index in [1.165, 1.54) is 23.5 Å². The van der Waals surface area contributed by atoms with Crippen LogP contribution < -0.4 is 10.1 Å². The van der Waals surface area contributed by atoms with Crippen LogP contribution in [0.1, 0.15) is 28.5 Å². The Bertz CT molecular complexity index is 880. The molecule has 1 amide bonds. The summed E-state index contributed by atoms with van der Waals surface area (Å²) in [6, 6.07) is 13.5. The summed E-state index contributed by atoms with van der Waals surface area (Å²) in [6.07, 6.45) is 0. The first-order valence-electron chi connectivity index (χ1n) is 8.45. The van der Waals surface area contributed by atoms with Gasteiger partial charge in [-0.15, -0.1) is 11.3 Å². The number of rotatable bonds is 8. The molecule has 0 unspecified atom stereocenters. The third-order valence-electron chi connectivity index (χ3n) is 3.63. The second-order valence-corrected chi connectivity index (χ2v) is 7.52. The number of aromatic nitrogens is 1. The highest BCUT2D eigenvalue weighted by molar-refractivity contribution is 7.97. The molecule has 0 spiro atoms. The maximum Gasteiger partial charge on any atom is 0.257 e. The van der Waals surface area contributed by atoms with E-state index in [1.54, 1.807) is 48.2 Å².